The van der Waals surface area contributed by atoms with Crippen LogP contribution in [0.15, 0.2) is 41.9 Å². The summed E-state index contributed by atoms with van der Waals surface area (Å²) in [5.74, 6) is 0.790. The summed E-state index contributed by atoms with van der Waals surface area (Å²) in [6, 6.07) is 10.4. The fourth-order valence-corrected chi connectivity index (χ4v) is 8.01. The second-order valence-corrected chi connectivity index (χ2v) is 12.1. The van der Waals surface area contributed by atoms with Crippen LogP contribution < -0.4 is 5.32 Å². The van der Waals surface area contributed by atoms with Gasteiger partial charge in [0.05, 0.1) is 21.6 Å². The number of thiazole rings is 2. The van der Waals surface area contributed by atoms with E-state index in [2.05, 4.69) is 27.3 Å². The monoisotopic (exact) mass is 517 g/mol. The number of nitrogens with zero attached hydrogens (tertiary/aromatic N) is 4. The zero-order valence-electron chi connectivity index (χ0n) is 20.0. The zero-order chi connectivity index (χ0) is 24.4. The number of aromatic nitrogens is 3. The molecule has 2 amide bonds. The number of nitrogens with one attached hydrogen (secondary N) is 1. The number of likely N-dealkylation sites (tertiary alicyclic amines) is 1. The van der Waals surface area contributed by atoms with Gasteiger partial charge < -0.3 is 10.2 Å². The molecule has 36 heavy (non-hydrogen) atoms. The summed E-state index contributed by atoms with van der Waals surface area (Å²) < 4.78 is 1.85. The first-order valence-electron chi connectivity index (χ1n) is 12.7. The number of rotatable bonds is 6. The van der Waals surface area contributed by atoms with Crippen molar-refractivity contribution in [3.63, 3.8) is 0 Å². The van der Waals surface area contributed by atoms with Crippen LogP contribution in [0.2, 0.25) is 0 Å². The predicted octanol–water partition coefficient (Wildman–Crippen LogP) is 5.13. The number of piperidine rings is 1. The maximum atomic E-state index is 14.1. The number of imidazole rings is 1. The van der Waals surface area contributed by atoms with Crippen LogP contribution in [-0.4, -0.2) is 49.7 Å². The molecule has 9 heteroatoms. The van der Waals surface area contributed by atoms with Crippen molar-refractivity contribution in [2.75, 3.05) is 6.54 Å². The number of fused-ring (bicyclic) bond motifs is 3. The highest BCUT2D eigenvalue weighted by Crippen LogP contribution is 2.47. The summed E-state index contributed by atoms with van der Waals surface area (Å²) in [7, 11) is 0. The van der Waals surface area contributed by atoms with Gasteiger partial charge in [0.1, 0.15) is 11.4 Å². The molecule has 0 radical (unpaired) electrons. The molecular weight excluding hydrogens is 490 g/mol. The standard InChI is InChI=1S/C27H27N5O2S2/c1-15-22(31-11-12-35-27(31)29-15)24(33)28-14-20-18-9-10-19(13-18)32(20)26(34)21-23(16-5-3-2-4-6-16)36-25(30-21)17-7-8-17/h2-6,11-12,17-20H,7-10,13-14H2,1H3,(H,28,33)/t18-,19+,20+/m0/s1. The van der Waals surface area contributed by atoms with Crippen molar-refractivity contribution in [3.8, 4) is 10.4 Å². The third-order valence-corrected chi connectivity index (χ3v) is 9.93. The van der Waals surface area contributed by atoms with E-state index in [9.17, 15) is 9.59 Å². The Kier molecular flexibility index (Phi) is 5.25. The number of hydrogen-bond donors (Lipinski definition) is 1. The van der Waals surface area contributed by atoms with E-state index in [1.807, 2.05) is 41.1 Å². The number of hydrogen-bond acceptors (Lipinski definition) is 6. The first-order chi connectivity index (χ1) is 17.6. The lowest BCUT2D eigenvalue weighted by Gasteiger charge is -2.35. The van der Waals surface area contributed by atoms with Gasteiger partial charge in [0.25, 0.3) is 11.8 Å². The van der Waals surface area contributed by atoms with E-state index in [1.165, 1.54) is 11.3 Å². The molecule has 184 valence electrons. The SMILES string of the molecule is Cc1nc2sccn2c1C(=O)NC[C@@H]1[C@H]2CC[C@H](C2)N1C(=O)c1nc(C2CC2)sc1-c1ccccc1. The molecule has 4 heterocycles. The van der Waals surface area contributed by atoms with Crippen LogP contribution in [0, 0.1) is 12.8 Å². The van der Waals surface area contributed by atoms with E-state index in [0.717, 1.165) is 58.2 Å². The minimum Gasteiger partial charge on any atom is -0.349 e. The molecule has 3 atom stereocenters. The normalized spacial score (nSPS) is 23.0. The van der Waals surface area contributed by atoms with E-state index in [4.69, 9.17) is 4.98 Å². The Bertz CT molecular complexity index is 1470. The van der Waals surface area contributed by atoms with Gasteiger partial charge >= 0.3 is 0 Å². The number of carbonyl (C=O) groups excluding carboxylic acids is 2. The van der Waals surface area contributed by atoms with Gasteiger partial charge in [-0.15, -0.1) is 22.7 Å². The van der Waals surface area contributed by atoms with Crippen molar-refractivity contribution in [1.29, 1.82) is 0 Å². The van der Waals surface area contributed by atoms with E-state index in [0.29, 0.717) is 29.8 Å². The van der Waals surface area contributed by atoms with Crippen molar-refractivity contribution in [2.24, 2.45) is 5.92 Å². The zero-order valence-corrected chi connectivity index (χ0v) is 21.6. The van der Waals surface area contributed by atoms with Gasteiger partial charge in [-0.3, -0.25) is 14.0 Å². The second-order valence-electron chi connectivity index (χ2n) is 10.2. The third-order valence-electron chi connectivity index (χ3n) is 7.91. The maximum Gasteiger partial charge on any atom is 0.274 e. The van der Waals surface area contributed by atoms with E-state index < -0.39 is 0 Å². The van der Waals surface area contributed by atoms with E-state index in [-0.39, 0.29) is 23.9 Å². The summed E-state index contributed by atoms with van der Waals surface area (Å²) in [4.78, 5) is 40.6. The number of carbonyl (C=O) groups is 2. The van der Waals surface area contributed by atoms with Gasteiger partial charge in [-0.2, -0.15) is 0 Å². The highest BCUT2D eigenvalue weighted by Gasteiger charge is 2.49. The number of aryl methyl sites for hydroxylation is 1. The molecule has 2 saturated carbocycles. The summed E-state index contributed by atoms with van der Waals surface area (Å²) in [6.45, 7) is 2.32. The molecule has 2 bridgehead atoms. The first-order valence-corrected chi connectivity index (χ1v) is 14.4. The van der Waals surface area contributed by atoms with Gasteiger partial charge in [-0.05, 0) is 50.5 Å². The Balaban J connectivity index is 1.17. The van der Waals surface area contributed by atoms with E-state index >= 15 is 0 Å². The summed E-state index contributed by atoms with van der Waals surface area (Å²) >= 11 is 3.19. The molecule has 3 aliphatic rings. The molecule has 1 aromatic carbocycles. The van der Waals surface area contributed by atoms with Crippen LogP contribution in [0.5, 0.6) is 0 Å². The van der Waals surface area contributed by atoms with Crippen molar-refractivity contribution < 1.29 is 9.59 Å². The average Bonchev–Trinajstić information content (AvgIpc) is 3.30. The molecule has 7 rings (SSSR count). The van der Waals surface area contributed by atoms with Gasteiger partial charge in [0.15, 0.2) is 4.96 Å². The second kappa shape index (κ2) is 8.52. The molecule has 1 aliphatic heterocycles. The summed E-state index contributed by atoms with van der Waals surface area (Å²) in [5, 5.41) is 6.16. The summed E-state index contributed by atoms with van der Waals surface area (Å²) in [5.41, 5.74) is 2.94. The molecule has 0 spiro atoms. The van der Waals surface area contributed by atoms with Gasteiger partial charge in [0, 0.05) is 30.1 Å². The molecular formula is C27H27N5O2S2. The third kappa shape index (κ3) is 3.59. The molecule has 3 aromatic heterocycles. The molecule has 7 nitrogen and oxygen atoms in total. The molecule has 3 fully saturated rings. The van der Waals surface area contributed by atoms with Crippen LogP contribution in [0.25, 0.3) is 15.4 Å². The van der Waals surface area contributed by atoms with Gasteiger partial charge in [-0.1, -0.05) is 30.3 Å². The molecule has 1 N–H and O–H groups in total. The fourth-order valence-electron chi connectivity index (χ4n) is 6.02. The highest BCUT2D eigenvalue weighted by molar-refractivity contribution is 7.15. The maximum absolute atomic E-state index is 14.1. The average molecular weight is 518 g/mol. The number of amides is 2. The predicted molar refractivity (Wildman–Crippen MR) is 141 cm³/mol. The van der Waals surface area contributed by atoms with Crippen molar-refractivity contribution in [2.45, 2.75) is 57.0 Å². The van der Waals surface area contributed by atoms with Crippen LogP contribution >= 0.6 is 22.7 Å². The van der Waals surface area contributed by atoms with Gasteiger partial charge in [0.2, 0.25) is 0 Å². The topological polar surface area (TPSA) is 79.6 Å². The lowest BCUT2D eigenvalue weighted by Crippen LogP contribution is -2.50. The van der Waals surface area contributed by atoms with Crippen LogP contribution in [0.3, 0.4) is 0 Å². The van der Waals surface area contributed by atoms with Crippen molar-refractivity contribution >= 4 is 39.4 Å². The Hall–Kier alpha value is -3.04. The Morgan fingerprint density at radius 2 is 1.94 bits per heavy atom. The van der Waals surface area contributed by atoms with Crippen molar-refractivity contribution in [3.05, 3.63) is 64.0 Å². The lowest BCUT2D eigenvalue weighted by atomic mass is 9.98. The largest absolute Gasteiger partial charge is 0.349 e. The molecule has 2 aliphatic carbocycles. The summed E-state index contributed by atoms with van der Waals surface area (Å²) in [6.07, 6.45) is 7.33. The molecule has 4 aromatic rings. The van der Waals surface area contributed by atoms with Crippen LogP contribution in [-0.2, 0) is 0 Å². The van der Waals surface area contributed by atoms with Crippen molar-refractivity contribution in [1.82, 2.24) is 24.6 Å². The molecule has 0 unspecified atom stereocenters. The van der Waals surface area contributed by atoms with E-state index in [1.54, 1.807) is 11.3 Å². The van der Waals surface area contributed by atoms with Gasteiger partial charge in [-0.25, -0.2) is 9.97 Å². The minimum atomic E-state index is -0.136. The lowest BCUT2D eigenvalue weighted by molar-refractivity contribution is 0.0577. The Labute approximate surface area is 217 Å². The first kappa shape index (κ1) is 22.2. The smallest absolute Gasteiger partial charge is 0.274 e. The fraction of sp³-hybridized carbons (Fsp3) is 0.407. The number of benzene rings is 1. The van der Waals surface area contributed by atoms with Crippen LogP contribution in [0.1, 0.15) is 69.7 Å². The minimum absolute atomic E-state index is 0.0129. The van der Waals surface area contributed by atoms with Crippen LogP contribution in [0.4, 0.5) is 0 Å². The molecule has 1 saturated heterocycles. The Morgan fingerprint density at radius 1 is 1.11 bits per heavy atom. The quantitative estimate of drug-likeness (QED) is 0.385. The highest BCUT2D eigenvalue weighted by atomic mass is 32.1. The Morgan fingerprint density at radius 3 is 2.75 bits per heavy atom.